The lowest BCUT2D eigenvalue weighted by Crippen LogP contribution is -2.27. The third-order valence-electron chi connectivity index (χ3n) is 4.56. The van der Waals surface area contributed by atoms with Gasteiger partial charge in [-0.2, -0.15) is 4.68 Å². The van der Waals surface area contributed by atoms with Gasteiger partial charge in [-0.05, 0) is 46.7 Å². The van der Waals surface area contributed by atoms with Crippen LogP contribution in [0.25, 0.3) is 5.69 Å². The van der Waals surface area contributed by atoms with Gasteiger partial charge in [0.15, 0.2) is 23.0 Å². The number of nitrogens with zero attached hydrogens (tertiary/aromatic N) is 4. The summed E-state index contributed by atoms with van der Waals surface area (Å²) in [6.07, 6.45) is 0.672. The molecule has 162 valence electrons. The molecule has 1 aliphatic heterocycles. The van der Waals surface area contributed by atoms with Crippen LogP contribution in [-0.4, -0.2) is 59.4 Å². The van der Waals surface area contributed by atoms with Crippen LogP contribution in [0.3, 0.4) is 0 Å². The van der Waals surface area contributed by atoms with Crippen molar-refractivity contribution in [3.8, 4) is 28.7 Å². The second-order valence-corrected chi connectivity index (χ2v) is 7.43. The fourth-order valence-electron chi connectivity index (χ4n) is 3.01. The van der Waals surface area contributed by atoms with Crippen molar-refractivity contribution in [1.82, 2.24) is 25.5 Å². The molecule has 0 atom stereocenters. The molecule has 3 aromatic rings. The first-order valence-corrected chi connectivity index (χ1v) is 10.5. The average Bonchev–Trinajstić information content (AvgIpc) is 3.46. The van der Waals surface area contributed by atoms with Gasteiger partial charge in [0.05, 0.1) is 25.7 Å². The quantitative estimate of drug-likeness (QED) is 0.496. The summed E-state index contributed by atoms with van der Waals surface area (Å²) in [7, 11) is 3.19. The number of amides is 1. The molecule has 0 radical (unpaired) electrons. The second-order valence-electron chi connectivity index (χ2n) is 6.49. The van der Waals surface area contributed by atoms with E-state index in [1.165, 1.54) is 11.8 Å². The van der Waals surface area contributed by atoms with Crippen molar-refractivity contribution in [2.24, 2.45) is 0 Å². The van der Waals surface area contributed by atoms with Gasteiger partial charge in [0, 0.05) is 12.6 Å². The van der Waals surface area contributed by atoms with Gasteiger partial charge in [-0.15, -0.1) is 5.10 Å². The number of carbonyl (C=O) groups is 1. The SMILES string of the molecule is COc1ccc(CCNC(=O)CSc2nnnn2-c2ccc3c(c2)OCO3)cc1OC. The van der Waals surface area contributed by atoms with Crippen molar-refractivity contribution < 1.29 is 23.7 Å². The van der Waals surface area contributed by atoms with Crippen LogP contribution in [0.2, 0.25) is 0 Å². The lowest BCUT2D eigenvalue weighted by atomic mass is 10.1. The molecule has 4 rings (SSSR count). The van der Waals surface area contributed by atoms with E-state index in [1.54, 1.807) is 31.0 Å². The van der Waals surface area contributed by atoms with Gasteiger partial charge in [0.25, 0.3) is 0 Å². The van der Waals surface area contributed by atoms with Crippen LogP contribution in [0.1, 0.15) is 5.56 Å². The minimum Gasteiger partial charge on any atom is -0.493 e. The predicted octanol–water partition coefficient (Wildman–Crippen LogP) is 1.86. The minimum atomic E-state index is -0.106. The number of methoxy groups -OCH3 is 2. The molecule has 0 fully saturated rings. The molecule has 1 N–H and O–H groups in total. The highest BCUT2D eigenvalue weighted by molar-refractivity contribution is 7.99. The van der Waals surface area contributed by atoms with E-state index < -0.39 is 0 Å². The van der Waals surface area contributed by atoms with Gasteiger partial charge in [-0.25, -0.2) is 0 Å². The third-order valence-corrected chi connectivity index (χ3v) is 5.48. The highest BCUT2D eigenvalue weighted by Crippen LogP contribution is 2.34. The number of aromatic nitrogens is 4. The first-order chi connectivity index (χ1) is 15.2. The van der Waals surface area contributed by atoms with Crippen molar-refractivity contribution in [2.45, 2.75) is 11.6 Å². The number of thioether (sulfide) groups is 1. The van der Waals surface area contributed by atoms with Crippen LogP contribution < -0.4 is 24.3 Å². The van der Waals surface area contributed by atoms with Crippen LogP contribution in [0, 0.1) is 0 Å². The number of benzene rings is 2. The minimum absolute atomic E-state index is 0.106. The molecule has 0 bridgehead atoms. The summed E-state index contributed by atoms with van der Waals surface area (Å²) >= 11 is 1.25. The number of hydrogen-bond acceptors (Lipinski definition) is 9. The molecule has 1 amide bonds. The lowest BCUT2D eigenvalue weighted by Gasteiger charge is -2.10. The molecule has 11 heteroatoms. The third kappa shape index (κ3) is 4.82. The maximum atomic E-state index is 12.3. The summed E-state index contributed by atoms with van der Waals surface area (Å²) in [4.78, 5) is 12.3. The molecule has 0 unspecified atom stereocenters. The predicted molar refractivity (Wildman–Crippen MR) is 112 cm³/mol. The highest BCUT2D eigenvalue weighted by atomic mass is 32.2. The summed E-state index contributed by atoms with van der Waals surface area (Å²) in [5.41, 5.74) is 1.77. The van der Waals surface area contributed by atoms with Crippen molar-refractivity contribution in [2.75, 3.05) is 33.3 Å². The van der Waals surface area contributed by atoms with Crippen LogP contribution in [-0.2, 0) is 11.2 Å². The summed E-state index contributed by atoms with van der Waals surface area (Å²) in [5, 5.41) is 15.1. The summed E-state index contributed by atoms with van der Waals surface area (Å²) in [6, 6.07) is 11.1. The van der Waals surface area contributed by atoms with Gasteiger partial charge >= 0.3 is 0 Å². The van der Waals surface area contributed by atoms with Crippen molar-refractivity contribution >= 4 is 17.7 Å². The Labute approximate surface area is 182 Å². The molecule has 2 heterocycles. The Morgan fingerprint density at radius 2 is 1.97 bits per heavy atom. The van der Waals surface area contributed by atoms with Gasteiger partial charge in [0.1, 0.15) is 0 Å². The summed E-state index contributed by atoms with van der Waals surface area (Å²) in [6.45, 7) is 0.696. The standard InChI is InChI=1S/C20H21N5O5S/c1-27-15-5-3-13(9-17(15)28-2)7-8-21-19(26)11-31-20-22-23-24-25(20)14-4-6-16-18(10-14)30-12-29-16/h3-6,9-10H,7-8,11-12H2,1-2H3,(H,21,26). The normalized spacial score (nSPS) is 11.9. The van der Waals surface area contributed by atoms with Crippen molar-refractivity contribution in [3.05, 3.63) is 42.0 Å². The van der Waals surface area contributed by atoms with Crippen LogP contribution in [0.5, 0.6) is 23.0 Å². The van der Waals surface area contributed by atoms with E-state index >= 15 is 0 Å². The Bertz CT molecular complexity index is 1070. The van der Waals surface area contributed by atoms with E-state index in [4.69, 9.17) is 18.9 Å². The van der Waals surface area contributed by atoms with Crippen molar-refractivity contribution in [3.63, 3.8) is 0 Å². The maximum absolute atomic E-state index is 12.3. The van der Waals surface area contributed by atoms with E-state index in [1.807, 2.05) is 24.3 Å². The number of tetrazole rings is 1. The fraction of sp³-hybridized carbons (Fsp3) is 0.300. The van der Waals surface area contributed by atoms with E-state index in [2.05, 4.69) is 20.8 Å². The topological polar surface area (TPSA) is 110 Å². The Morgan fingerprint density at radius 1 is 1.13 bits per heavy atom. The zero-order valence-electron chi connectivity index (χ0n) is 17.0. The number of rotatable bonds is 9. The lowest BCUT2D eigenvalue weighted by molar-refractivity contribution is -0.118. The molecular formula is C20H21N5O5S. The van der Waals surface area contributed by atoms with Crippen LogP contribution in [0.15, 0.2) is 41.6 Å². The maximum Gasteiger partial charge on any atom is 0.231 e. The molecular weight excluding hydrogens is 422 g/mol. The number of hydrogen-bond donors (Lipinski definition) is 1. The Kier molecular flexibility index (Phi) is 6.41. The number of ether oxygens (including phenoxy) is 4. The summed E-state index contributed by atoms with van der Waals surface area (Å²) < 4.78 is 22.8. The Hall–Kier alpha value is -3.47. The number of fused-ring (bicyclic) bond motifs is 1. The van der Waals surface area contributed by atoms with Crippen molar-refractivity contribution in [1.29, 1.82) is 0 Å². The van der Waals surface area contributed by atoms with Gasteiger partial charge < -0.3 is 24.3 Å². The zero-order valence-corrected chi connectivity index (χ0v) is 17.8. The van der Waals surface area contributed by atoms with Gasteiger partial charge in [-0.3, -0.25) is 4.79 Å². The Balaban J connectivity index is 1.29. The van der Waals surface area contributed by atoms with E-state index in [-0.39, 0.29) is 18.5 Å². The molecule has 0 saturated heterocycles. The van der Waals surface area contributed by atoms with Gasteiger partial charge in [-0.1, -0.05) is 17.8 Å². The number of carbonyl (C=O) groups excluding carboxylic acids is 1. The molecule has 10 nitrogen and oxygen atoms in total. The van der Waals surface area contributed by atoms with Crippen LogP contribution in [0.4, 0.5) is 0 Å². The van der Waals surface area contributed by atoms with E-state index in [9.17, 15) is 4.79 Å². The molecule has 31 heavy (non-hydrogen) atoms. The first-order valence-electron chi connectivity index (χ1n) is 9.46. The number of nitrogens with one attached hydrogen (secondary N) is 1. The molecule has 0 saturated carbocycles. The largest absolute Gasteiger partial charge is 0.493 e. The smallest absolute Gasteiger partial charge is 0.231 e. The van der Waals surface area contributed by atoms with Crippen LogP contribution >= 0.6 is 11.8 Å². The first kappa shape index (κ1) is 20.8. The van der Waals surface area contributed by atoms with E-state index in [0.717, 1.165) is 11.3 Å². The van der Waals surface area contributed by atoms with E-state index in [0.29, 0.717) is 41.1 Å². The molecule has 1 aromatic heterocycles. The Morgan fingerprint density at radius 3 is 2.81 bits per heavy atom. The molecule has 2 aromatic carbocycles. The molecule has 0 spiro atoms. The average molecular weight is 443 g/mol. The second kappa shape index (κ2) is 9.56. The highest BCUT2D eigenvalue weighted by Gasteiger charge is 2.17. The monoisotopic (exact) mass is 443 g/mol. The zero-order chi connectivity index (χ0) is 21.6. The fourth-order valence-corrected chi connectivity index (χ4v) is 3.73. The summed E-state index contributed by atoms with van der Waals surface area (Å²) in [5.74, 6) is 2.74. The molecule has 1 aliphatic rings. The van der Waals surface area contributed by atoms with Gasteiger partial charge in [0.2, 0.25) is 17.9 Å². The molecule has 0 aliphatic carbocycles.